The molecule has 0 spiro atoms. The predicted molar refractivity (Wildman–Crippen MR) is 144 cm³/mol. The second-order valence-corrected chi connectivity index (χ2v) is 12.6. The average Bonchev–Trinajstić information content (AvgIpc) is 3.65. The Balaban J connectivity index is 1.40. The highest BCUT2D eigenvalue weighted by molar-refractivity contribution is 7.52. The molecule has 13 nitrogen and oxygen atoms in total. The summed E-state index contributed by atoms with van der Waals surface area (Å²) in [6.45, 7) is 2.93. The molecule has 3 heterocycles. The van der Waals surface area contributed by atoms with Crippen molar-refractivity contribution in [1.29, 1.82) is 0 Å². The molecular weight excluding hydrogens is 557 g/mol. The summed E-state index contributed by atoms with van der Waals surface area (Å²) in [5, 5.41) is 24.7. The minimum Gasteiger partial charge on any atom is -0.490 e. The van der Waals surface area contributed by atoms with E-state index in [0.717, 1.165) is 23.8 Å². The van der Waals surface area contributed by atoms with Crippen molar-refractivity contribution in [2.24, 2.45) is 11.8 Å². The lowest BCUT2D eigenvalue weighted by molar-refractivity contribution is -0.145. The molecule has 1 aliphatic carbocycles. The highest BCUT2D eigenvalue weighted by Gasteiger charge is 2.54. The Morgan fingerprint density at radius 2 is 1.93 bits per heavy atom. The van der Waals surface area contributed by atoms with Crippen LogP contribution in [0, 0.1) is 11.8 Å². The Morgan fingerprint density at radius 3 is 2.71 bits per heavy atom. The quantitative estimate of drug-likeness (QED) is 0.343. The van der Waals surface area contributed by atoms with Crippen LogP contribution in [0.2, 0.25) is 0 Å². The molecule has 4 bridgehead atoms. The molecule has 2 aromatic rings. The topological polar surface area (TPSA) is 168 Å². The highest BCUT2D eigenvalue weighted by Crippen LogP contribution is 2.47. The van der Waals surface area contributed by atoms with E-state index in [1.165, 1.54) is 26.2 Å². The zero-order chi connectivity index (χ0) is 29.2. The van der Waals surface area contributed by atoms with Gasteiger partial charge >= 0.3 is 19.4 Å². The fourth-order valence-corrected chi connectivity index (χ4v) is 6.58. The fourth-order valence-electron chi connectivity index (χ4n) is 5.08. The molecule has 3 unspecified atom stereocenters. The van der Waals surface area contributed by atoms with Crippen molar-refractivity contribution in [3.05, 3.63) is 53.2 Å². The van der Waals surface area contributed by atoms with Crippen LogP contribution in [0.4, 0.5) is 0 Å². The second-order valence-electron chi connectivity index (χ2n) is 11.0. The van der Waals surface area contributed by atoms with Crippen LogP contribution in [0.25, 0.3) is 0 Å². The zero-order valence-electron chi connectivity index (χ0n) is 23.0. The van der Waals surface area contributed by atoms with Gasteiger partial charge < -0.3 is 28.9 Å². The Hall–Kier alpha value is -2.80. The van der Waals surface area contributed by atoms with Gasteiger partial charge in [0.15, 0.2) is 12.0 Å². The third-order valence-electron chi connectivity index (χ3n) is 7.63. The van der Waals surface area contributed by atoms with Crippen LogP contribution in [-0.2, 0) is 23.4 Å². The number of carbonyl (C=O) groups excluding carboxylic acids is 1. The molecule has 5 rings (SSSR count). The summed E-state index contributed by atoms with van der Waals surface area (Å²) in [4.78, 5) is 29.2. The molecule has 41 heavy (non-hydrogen) atoms. The number of ether oxygens (including phenoxy) is 3. The maximum Gasteiger partial charge on any atom is 0.459 e. The van der Waals surface area contributed by atoms with Gasteiger partial charge in [-0.3, -0.25) is 13.9 Å². The lowest BCUT2D eigenvalue weighted by Gasteiger charge is -2.27. The lowest BCUT2D eigenvalue weighted by atomic mass is 9.96. The van der Waals surface area contributed by atoms with Gasteiger partial charge in [-0.15, -0.1) is 0 Å². The number of aliphatic hydroxyl groups excluding tert-OH is 1. The van der Waals surface area contributed by atoms with Gasteiger partial charge in [-0.2, -0.15) is 10.1 Å². The molecule has 0 amide bonds. The van der Waals surface area contributed by atoms with Crippen molar-refractivity contribution in [2.75, 3.05) is 19.8 Å². The van der Waals surface area contributed by atoms with E-state index in [9.17, 15) is 24.4 Å². The molecule has 3 N–H and O–H groups in total. The number of fused-ring (bicyclic) bond motifs is 6. The maximum absolute atomic E-state index is 13.8. The molecule has 3 aliphatic rings. The Bertz CT molecular complexity index is 1320. The van der Waals surface area contributed by atoms with Crippen molar-refractivity contribution in [3.8, 4) is 11.5 Å². The standard InChI is InChI=1S/C27H36N3O10P/c1-17-24(32)36-11-7-6-8-18-12-19(18)15-37-21-13-28-26(33)30(14-21)25-27(2,34)23(31)22(39-25)16-38-41(35,29-17)40-20-9-4-3-5-10-20/h3-5,9-10,13-14,17-19,22-23,25,31,34H,6-8,11-12,15-16H2,1-2H3,(H,29,35)/t17-,18?,19?,22-,23-,25-,27-,41?/m1/s1. The van der Waals surface area contributed by atoms with Crippen LogP contribution in [0.5, 0.6) is 11.5 Å². The molecular formula is C27H36N3O10P. The minimum absolute atomic E-state index is 0.208. The van der Waals surface area contributed by atoms with Gasteiger partial charge in [0.25, 0.3) is 0 Å². The number of esters is 1. The first-order valence-corrected chi connectivity index (χ1v) is 15.3. The van der Waals surface area contributed by atoms with Crippen LogP contribution in [0.1, 0.15) is 45.8 Å². The van der Waals surface area contributed by atoms with E-state index in [4.69, 9.17) is 23.3 Å². The number of hydrogen-bond acceptors (Lipinski definition) is 11. The van der Waals surface area contributed by atoms with Gasteiger partial charge in [0, 0.05) is 0 Å². The van der Waals surface area contributed by atoms with E-state index < -0.39 is 56.1 Å². The van der Waals surface area contributed by atoms with Crippen LogP contribution in [0.3, 0.4) is 0 Å². The number of aromatic nitrogens is 2. The molecule has 0 radical (unpaired) electrons. The zero-order valence-corrected chi connectivity index (χ0v) is 23.9. The lowest BCUT2D eigenvalue weighted by Crippen LogP contribution is -2.46. The SMILES string of the molecule is C[C@H]1NP(=O)(Oc2ccccc2)OC[C@H]2O[C@@H](n3cc(cnc3=O)OCC3CC3CCCCOC1=O)[C@](C)(O)[C@@H]2O. The number of para-hydroxylation sites is 1. The molecule has 2 fully saturated rings. The van der Waals surface area contributed by atoms with E-state index in [-0.39, 0.29) is 12.4 Å². The van der Waals surface area contributed by atoms with Gasteiger partial charge in [-0.05, 0) is 63.5 Å². The van der Waals surface area contributed by atoms with E-state index in [1.807, 2.05) is 0 Å². The third-order valence-corrected chi connectivity index (χ3v) is 9.27. The van der Waals surface area contributed by atoms with Crippen LogP contribution in [0.15, 0.2) is 47.5 Å². The van der Waals surface area contributed by atoms with Crippen molar-refractivity contribution >= 4 is 13.7 Å². The number of nitrogens with zero attached hydrogens (tertiary/aromatic N) is 2. The second kappa shape index (κ2) is 12.2. The first-order chi connectivity index (χ1) is 19.6. The van der Waals surface area contributed by atoms with Crippen LogP contribution >= 0.6 is 7.75 Å². The number of carbonyl (C=O) groups is 1. The van der Waals surface area contributed by atoms with Gasteiger partial charge in [-0.1, -0.05) is 18.2 Å². The normalized spacial score (nSPS) is 36.6. The van der Waals surface area contributed by atoms with Crippen molar-refractivity contribution in [3.63, 3.8) is 0 Å². The van der Waals surface area contributed by atoms with Gasteiger partial charge in [-0.25, -0.2) is 9.36 Å². The molecule has 1 saturated carbocycles. The number of rotatable bonds is 2. The Kier molecular flexibility index (Phi) is 8.84. The van der Waals surface area contributed by atoms with Gasteiger partial charge in [0.2, 0.25) is 0 Å². The Morgan fingerprint density at radius 1 is 1.15 bits per heavy atom. The summed E-state index contributed by atoms with van der Waals surface area (Å²) in [6, 6.07) is 7.17. The van der Waals surface area contributed by atoms with Crippen molar-refractivity contribution in [2.45, 2.75) is 69.6 Å². The Labute approximate surface area is 237 Å². The summed E-state index contributed by atoms with van der Waals surface area (Å²) < 4.78 is 43.3. The van der Waals surface area contributed by atoms with Gasteiger partial charge in [0.05, 0.1) is 32.2 Å². The molecule has 1 saturated heterocycles. The highest BCUT2D eigenvalue weighted by atomic mass is 31.2. The average molecular weight is 594 g/mol. The summed E-state index contributed by atoms with van der Waals surface area (Å²) in [5.41, 5.74) is -2.67. The summed E-state index contributed by atoms with van der Waals surface area (Å²) in [6.07, 6.45) is 2.09. The molecule has 1 aromatic carbocycles. The molecule has 224 valence electrons. The molecule has 14 heteroatoms. The number of cyclic esters (lactones) is 1. The van der Waals surface area contributed by atoms with Crippen LogP contribution < -0.4 is 20.0 Å². The fraction of sp³-hybridized carbons (Fsp3) is 0.593. The summed E-state index contributed by atoms with van der Waals surface area (Å²) in [5.74, 6) is 0.761. The largest absolute Gasteiger partial charge is 0.490 e. The van der Waals surface area contributed by atoms with E-state index in [2.05, 4.69) is 10.1 Å². The predicted octanol–water partition coefficient (Wildman–Crippen LogP) is 2.18. The van der Waals surface area contributed by atoms with E-state index in [1.54, 1.807) is 30.3 Å². The van der Waals surface area contributed by atoms with Crippen molar-refractivity contribution < 1.29 is 42.8 Å². The summed E-state index contributed by atoms with van der Waals surface area (Å²) in [7, 11) is -4.25. The van der Waals surface area contributed by atoms with Gasteiger partial charge in [0.1, 0.15) is 29.6 Å². The molecule has 2 aliphatic heterocycles. The minimum atomic E-state index is -4.25. The number of nitrogens with one attached hydrogen (secondary N) is 1. The monoisotopic (exact) mass is 593 g/mol. The summed E-state index contributed by atoms with van der Waals surface area (Å²) >= 11 is 0. The molecule has 1 aromatic heterocycles. The number of benzene rings is 1. The van der Waals surface area contributed by atoms with Crippen molar-refractivity contribution in [1.82, 2.24) is 14.6 Å². The first kappa shape index (κ1) is 29.7. The van der Waals surface area contributed by atoms with E-state index >= 15 is 0 Å². The smallest absolute Gasteiger partial charge is 0.459 e. The molecule has 8 atom stereocenters. The number of hydrogen-bond donors (Lipinski definition) is 3. The maximum atomic E-state index is 13.8. The third kappa shape index (κ3) is 6.99. The van der Waals surface area contributed by atoms with Crippen LogP contribution in [-0.4, -0.2) is 69.4 Å². The first-order valence-electron chi connectivity index (χ1n) is 13.8. The number of aliphatic hydroxyl groups is 2. The van der Waals surface area contributed by atoms with E-state index in [0.29, 0.717) is 30.6 Å².